The molecule has 3 aromatic carbocycles. The van der Waals surface area contributed by atoms with Crippen molar-refractivity contribution in [3.63, 3.8) is 0 Å². The summed E-state index contributed by atoms with van der Waals surface area (Å²) in [5.41, 5.74) is -0.758. The van der Waals surface area contributed by atoms with E-state index in [0.717, 1.165) is 5.57 Å². The molecule has 1 heterocycles. The summed E-state index contributed by atoms with van der Waals surface area (Å²) in [6.07, 6.45) is -6.55. The molecule has 0 amide bonds. The minimum absolute atomic E-state index is 0.0785. The highest BCUT2D eigenvalue weighted by atomic mass is 19.4. The van der Waals surface area contributed by atoms with Gasteiger partial charge in [0, 0.05) is 17.1 Å². The first-order valence-corrected chi connectivity index (χ1v) is 12.2. The van der Waals surface area contributed by atoms with Crippen LogP contribution in [0.15, 0.2) is 72.6 Å². The van der Waals surface area contributed by atoms with Crippen LogP contribution in [0, 0.1) is 0 Å². The molecular formula is C29H25F6N3O3. The Morgan fingerprint density at radius 3 is 2.07 bits per heavy atom. The topological polar surface area (TPSA) is 65.5 Å². The zero-order chi connectivity index (χ0) is 29.8. The molecule has 12 heteroatoms. The Balaban J connectivity index is 1.51. The van der Waals surface area contributed by atoms with E-state index in [1.54, 1.807) is 24.3 Å². The second-order valence-electron chi connectivity index (χ2n) is 9.19. The van der Waals surface area contributed by atoms with Crippen molar-refractivity contribution >= 4 is 22.4 Å². The number of alkyl halides is 6. The van der Waals surface area contributed by atoms with Gasteiger partial charge in [-0.15, -0.1) is 0 Å². The molecule has 0 bridgehead atoms. The number of benzene rings is 3. The van der Waals surface area contributed by atoms with E-state index in [1.165, 1.54) is 25.6 Å². The fraction of sp³-hybridized carbons (Fsp3) is 0.241. The van der Waals surface area contributed by atoms with Crippen LogP contribution < -0.4 is 19.5 Å². The lowest BCUT2D eigenvalue weighted by molar-refractivity contribution is -0.143. The summed E-state index contributed by atoms with van der Waals surface area (Å²) in [6.45, 7) is 3.78. The molecule has 4 aromatic rings. The van der Waals surface area contributed by atoms with Gasteiger partial charge in [0.2, 0.25) is 0 Å². The van der Waals surface area contributed by atoms with Gasteiger partial charge in [-0.25, -0.2) is 9.97 Å². The zero-order valence-corrected chi connectivity index (χ0v) is 22.2. The van der Waals surface area contributed by atoms with E-state index in [4.69, 9.17) is 14.2 Å². The summed E-state index contributed by atoms with van der Waals surface area (Å²) in [5, 5.41) is 3.83. The molecular weight excluding hydrogens is 552 g/mol. The molecule has 1 N–H and O–H groups in total. The predicted molar refractivity (Wildman–Crippen MR) is 142 cm³/mol. The Morgan fingerprint density at radius 1 is 0.829 bits per heavy atom. The average Bonchev–Trinajstić information content (AvgIpc) is 2.91. The van der Waals surface area contributed by atoms with Crippen LogP contribution in [-0.2, 0) is 19.0 Å². The van der Waals surface area contributed by atoms with Gasteiger partial charge in [-0.2, -0.15) is 26.3 Å². The van der Waals surface area contributed by atoms with Crippen LogP contribution in [0.1, 0.15) is 30.5 Å². The van der Waals surface area contributed by atoms with Crippen molar-refractivity contribution in [2.24, 2.45) is 0 Å². The number of ether oxygens (including phenoxy) is 3. The fourth-order valence-electron chi connectivity index (χ4n) is 3.77. The van der Waals surface area contributed by atoms with E-state index in [0.29, 0.717) is 52.6 Å². The molecule has 0 aliphatic rings. The van der Waals surface area contributed by atoms with Crippen molar-refractivity contribution < 1.29 is 40.6 Å². The molecule has 0 spiro atoms. The number of rotatable bonds is 9. The van der Waals surface area contributed by atoms with Gasteiger partial charge in [0.25, 0.3) is 0 Å². The van der Waals surface area contributed by atoms with E-state index in [1.807, 2.05) is 19.9 Å². The van der Waals surface area contributed by atoms with Crippen LogP contribution in [-0.4, -0.2) is 23.7 Å². The molecule has 0 radical (unpaired) electrons. The number of halogens is 6. The predicted octanol–water partition coefficient (Wildman–Crippen LogP) is 8.34. The van der Waals surface area contributed by atoms with Crippen LogP contribution in [0.5, 0.6) is 17.2 Å². The smallest absolute Gasteiger partial charge is 0.416 e. The third-order valence-electron chi connectivity index (χ3n) is 5.82. The van der Waals surface area contributed by atoms with Crippen LogP contribution in [0.3, 0.4) is 0 Å². The molecule has 1 aromatic heterocycles. The van der Waals surface area contributed by atoms with Crippen LogP contribution in [0.25, 0.3) is 10.9 Å². The van der Waals surface area contributed by atoms with Crippen molar-refractivity contribution in [1.29, 1.82) is 0 Å². The van der Waals surface area contributed by atoms with E-state index in [9.17, 15) is 26.3 Å². The van der Waals surface area contributed by atoms with Crippen molar-refractivity contribution in [2.45, 2.75) is 32.8 Å². The lowest BCUT2D eigenvalue weighted by Gasteiger charge is -2.15. The van der Waals surface area contributed by atoms with Gasteiger partial charge in [0.1, 0.15) is 31.1 Å². The lowest BCUT2D eigenvalue weighted by atomic mass is 10.1. The van der Waals surface area contributed by atoms with Gasteiger partial charge in [-0.1, -0.05) is 5.57 Å². The minimum Gasteiger partial charge on any atom is -0.493 e. The third kappa shape index (κ3) is 7.59. The van der Waals surface area contributed by atoms with Gasteiger partial charge in [0.05, 0.1) is 23.8 Å². The molecule has 0 saturated carbocycles. The number of anilines is 2. The number of hydrogen-bond acceptors (Lipinski definition) is 6. The standard InChI is InChI=1S/C29H25F6N3O3/c1-17(2)8-9-40-26-13-23-24(14-25(26)39-3)36-16-37-27(23)38-21-4-6-22(7-5-21)41-15-18-10-19(28(30,31)32)12-20(11-18)29(33,34)35/h4-8,10-14,16H,9,15H2,1-3H3,(H,36,37,38). The number of nitrogens with zero attached hydrogens (tertiary/aromatic N) is 2. The number of allylic oxidation sites excluding steroid dienone is 1. The van der Waals surface area contributed by atoms with Gasteiger partial charge in [0.15, 0.2) is 11.5 Å². The highest BCUT2D eigenvalue weighted by Gasteiger charge is 2.36. The molecule has 41 heavy (non-hydrogen) atoms. The maximum absolute atomic E-state index is 13.1. The third-order valence-corrected chi connectivity index (χ3v) is 5.82. The average molecular weight is 578 g/mol. The molecule has 0 unspecified atom stereocenters. The van der Waals surface area contributed by atoms with E-state index in [-0.39, 0.29) is 17.4 Å². The number of hydrogen-bond donors (Lipinski definition) is 1. The Hall–Kier alpha value is -4.48. The first-order chi connectivity index (χ1) is 19.3. The number of methoxy groups -OCH3 is 1. The largest absolute Gasteiger partial charge is 0.493 e. The Kier molecular flexibility index (Phi) is 8.60. The minimum atomic E-state index is -4.93. The number of nitrogens with one attached hydrogen (secondary N) is 1. The Labute approximate surface area is 231 Å². The summed E-state index contributed by atoms with van der Waals surface area (Å²) in [5.74, 6) is 1.73. The molecule has 4 rings (SSSR count). The molecule has 0 aliphatic carbocycles. The van der Waals surface area contributed by atoms with Gasteiger partial charge in [-0.3, -0.25) is 0 Å². The first-order valence-electron chi connectivity index (χ1n) is 12.2. The van der Waals surface area contributed by atoms with Crippen molar-refractivity contribution in [1.82, 2.24) is 9.97 Å². The quantitative estimate of drug-likeness (QED) is 0.159. The van der Waals surface area contributed by atoms with Crippen molar-refractivity contribution in [3.05, 3.63) is 89.3 Å². The number of aromatic nitrogens is 2. The Morgan fingerprint density at radius 2 is 1.49 bits per heavy atom. The monoisotopic (exact) mass is 577 g/mol. The molecule has 6 nitrogen and oxygen atoms in total. The zero-order valence-electron chi connectivity index (χ0n) is 22.2. The first kappa shape index (κ1) is 29.5. The molecule has 0 fully saturated rings. The van der Waals surface area contributed by atoms with E-state index in [2.05, 4.69) is 15.3 Å². The maximum Gasteiger partial charge on any atom is 0.416 e. The molecule has 0 aliphatic heterocycles. The number of fused-ring (bicyclic) bond motifs is 1. The summed E-state index contributed by atoms with van der Waals surface area (Å²) < 4.78 is 95.5. The van der Waals surface area contributed by atoms with Crippen LogP contribution in [0.4, 0.5) is 37.8 Å². The second-order valence-corrected chi connectivity index (χ2v) is 9.19. The molecule has 0 saturated heterocycles. The highest BCUT2D eigenvalue weighted by Crippen LogP contribution is 2.37. The summed E-state index contributed by atoms with van der Waals surface area (Å²) in [4.78, 5) is 8.61. The fourth-order valence-corrected chi connectivity index (χ4v) is 3.77. The van der Waals surface area contributed by atoms with Crippen molar-refractivity contribution in [2.75, 3.05) is 19.0 Å². The van der Waals surface area contributed by atoms with E-state index < -0.39 is 30.1 Å². The van der Waals surface area contributed by atoms with Gasteiger partial charge < -0.3 is 19.5 Å². The normalized spacial score (nSPS) is 11.7. The molecule has 216 valence electrons. The van der Waals surface area contributed by atoms with Gasteiger partial charge >= 0.3 is 12.4 Å². The van der Waals surface area contributed by atoms with Crippen LogP contribution >= 0.6 is 0 Å². The van der Waals surface area contributed by atoms with Crippen LogP contribution in [0.2, 0.25) is 0 Å². The molecule has 0 atom stereocenters. The summed E-state index contributed by atoms with van der Waals surface area (Å²) in [6, 6.07) is 11.2. The lowest BCUT2D eigenvalue weighted by Crippen LogP contribution is -2.12. The summed E-state index contributed by atoms with van der Waals surface area (Å²) >= 11 is 0. The second kappa shape index (κ2) is 11.9. The maximum atomic E-state index is 13.1. The Bertz CT molecular complexity index is 1510. The summed E-state index contributed by atoms with van der Waals surface area (Å²) in [7, 11) is 1.53. The SMILES string of the molecule is COc1cc2ncnc(Nc3ccc(OCc4cc(C(F)(F)F)cc(C(F)(F)F)c4)cc3)c2cc1OCC=C(C)C. The van der Waals surface area contributed by atoms with Crippen molar-refractivity contribution in [3.8, 4) is 17.2 Å². The van der Waals surface area contributed by atoms with Gasteiger partial charge in [-0.05, 0) is 74.0 Å². The van der Waals surface area contributed by atoms with E-state index >= 15 is 0 Å². The highest BCUT2D eigenvalue weighted by molar-refractivity contribution is 5.93.